The van der Waals surface area contributed by atoms with Crippen LogP contribution in [0.5, 0.6) is 0 Å². The van der Waals surface area contributed by atoms with Crippen LogP contribution in [0.3, 0.4) is 0 Å². The number of piperidine rings is 1. The van der Waals surface area contributed by atoms with Gasteiger partial charge in [-0.3, -0.25) is 9.69 Å². The largest absolute Gasteiger partial charge is 0.339 e. The zero-order valence-corrected chi connectivity index (χ0v) is 17.3. The van der Waals surface area contributed by atoms with Gasteiger partial charge in [0.05, 0.1) is 11.4 Å². The van der Waals surface area contributed by atoms with Crippen molar-refractivity contribution in [2.45, 2.75) is 37.0 Å². The van der Waals surface area contributed by atoms with Crippen LogP contribution >= 0.6 is 0 Å². The van der Waals surface area contributed by atoms with E-state index in [1.807, 2.05) is 11.0 Å². The highest BCUT2D eigenvalue weighted by molar-refractivity contribution is 7.89. The Bertz CT molecular complexity index is 775. The lowest BCUT2D eigenvalue weighted by molar-refractivity contribution is -0.134. The number of rotatable bonds is 4. The number of piperazine rings is 1. The first-order valence-electron chi connectivity index (χ1n) is 10.6. The minimum atomic E-state index is -3.47. The first-order chi connectivity index (χ1) is 13.5. The third kappa shape index (κ3) is 4.26. The van der Waals surface area contributed by atoms with Crippen molar-refractivity contribution in [2.75, 3.05) is 45.8 Å². The Balaban J connectivity index is 1.28. The predicted octanol–water partition coefficient (Wildman–Crippen LogP) is 2.03. The van der Waals surface area contributed by atoms with Crippen molar-refractivity contribution in [3.8, 4) is 0 Å². The number of amides is 1. The van der Waals surface area contributed by atoms with Crippen LogP contribution in [0.1, 0.15) is 32.1 Å². The maximum atomic E-state index is 12.8. The lowest BCUT2D eigenvalue weighted by atomic mass is 9.75. The van der Waals surface area contributed by atoms with Gasteiger partial charge in [0.1, 0.15) is 0 Å². The second-order valence-corrected chi connectivity index (χ2v) is 10.4. The molecule has 0 radical (unpaired) electrons. The number of carbonyl (C=O) groups is 1. The van der Waals surface area contributed by atoms with E-state index >= 15 is 0 Å². The van der Waals surface area contributed by atoms with Gasteiger partial charge in [-0.2, -0.15) is 4.31 Å². The Morgan fingerprint density at radius 3 is 2.29 bits per heavy atom. The highest BCUT2D eigenvalue weighted by atomic mass is 32.2. The van der Waals surface area contributed by atoms with E-state index in [2.05, 4.69) is 4.90 Å². The highest BCUT2D eigenvalue weighted by Gasteiger charge is 2.34. The summed E-state index contributed by atoms with van der Waals surface area (Å²) < 4.78 is 27.0. The molecule has 0 bridgehead atoms. The number of benzene rings is 1. The molecule has 2 atom stereocenters. The summed E-state index contributed by atoms with van der Waals surface area (Å²) in [6.45, 7) is 4.25. The Morgan fingerprint density at radius 1 is 0.893 bits per heavy atom. The molecule has 2 aliphatic heterocycles. The summed E-state index contributed by atoms with van der Waals surface area (Å²) >= 11 is 0. The Morgan fingerprint density at radius 2 is 1.57 bits per heavy atom. The second-order valence-electron chi connectivity index (χ2n) is 8.43. The molecule has 6 nitrogen and oxygen atoms in total. The average Bonchev–Trinajstić information content (AvgIpc) is 2.74. The molecule has 0 N–H and O–H groups in total. The second kappa shape index (κ2) is 8.51. The molecule has 4 rings (SSSR count). The molecule has 0 aromatic heterocycles. The molecule has 2 heterocycles. The molecule has 0 spiro atoms. The minimum Gasteiger partial charge on any atom is -0.339 e. The lowest BCUT2D eigenvalue weighted by Gasteiger charge is -2.42. The summed E-state index contributed by atoms with van der Waals surface area (Å²) in [7, 11) is -3.47. The number of hydrogen-bond donors (Lipinski definition) is 0. The molecule has 1 saturated carbocycles. The first-order valence-corrected chi connectivity index (χ1v) is 12.0. The van der Waals surface area contributed by atoms with Gasteiger partial charge >= 0.3 is 0 Å². The molecule has 28 heavy (non-hydrogen) atoms. The van der Waals surface area contributed by atoms with E-state index in [0.29, 0.717) is 37.6 Å². The summed E-state index contributed by atoms with van der Waals surface area (Å²) in [6, 6.07) is 8.54. The van der Waals surface area contributed by atoms with Gasteiger partial charge in [-0.1, -0.05) is 37.5 Å². The smallest absolute Gasteiger partial charge is 0.243 e. The highest BCUT2D eigenvalue weighted by Crippen LogP contribution is 2.35. The number of sulfonamides is 1. The molecule has 154 valence electrons. The SMILES string of the molecule is O=C(CN1CCC2CCCCC2C1)N1CCN(S(=O)(=O)c2ccccc2)CC1. The average molecular weight is 406 g/mol. The van der Waals surface area contributed by atoms with E-state index in [1.54, 1.807) is 24.3 Å². The third-order valence-corrected chi connectivity index (χ3v) is 8.62. The minimum absolute atomic E-state index is 0.144. The van der Waals surface area contributed by atoms with Gasteiger partial charge in [-0.15, -0.1) is 0 Å². The number of fused-ring (bicyclic) bond motifs is 1. The van der Waals surface area contributed by atoms with E-state index in [-0.39, 0.29) is 5.91 Å². The van der Waals surface area contributed by atoms with E-state index in [0.717, 1.165) is 24.9 Å². The maximum Gasteiger partial charge on any atom is 0.243 e. The van der Waals surface area contributed by atoms with Crippen LogP contribution in [0.25, 0.3) is 0 Å². The molecule has 1 aliphatic carbocycles. The molecule has 3 fully saturated rings. The monoisotopic (exact) mass is 405 g/mol. The van der Waals surface area contributed by atoms with Crippen LogP contribution in [0.2, 0.25) is 0 Å². The van der Waals surface area contributed by atoms with Crippen LogP contribution in [0.4, 0.5) is 0 Å². The molecule has 7 heteroatoms. The van der Waals surface area contributed by atoms with Crippen molar-refractivity contribution in [3.63, 3.8) is 0 Å². The van der Waals surface area contributed by atoms with Crippen LogP contribution < -0.4 is 0 Å². The van der Waals surface area contributed by atoms with Crippen LogP contribution in [-0.4, -0.2) is 74.2 Å². The summed E-state index contributed by atoms with van der Waals surface area (Å²) in [4.78, 5) is 17.3. The van der Waals surface area contributed by atoms with Gasteiger partial charge in [0.15, 0.2) is 0 Å². The Kier molecular flexibility index (Phi) is 6.04. The number of likely N-dealkylation sites (tertiary alicyclic amines) is 1. The fraction of sp³-hybridized carbons (Fsp3) is 0.667. The molecule has 1 aromatic rings. The van der Waals surface area contributed by atoms with Crippen LogP contribution in [0.15, 0.2) is 35.2 Å². The molecule has 1 aromatic carbocycles. The Labute approximate surface area is 168 Å². The molecular weight excluding hydrogens is 374 g/mol. The van der Waals surface area contributed by atoms with Gasteiger partial charge in [0, 0.05) is 32.7 Å². The van der Waals surface area contributed by atoms with Crippen LogP contribution in [0, 0.1) is 11.8 Å². The summed E-state index contributed by atoms with van der Waals surface area (Å²) in [6.07, 6.45) is 6.60. The number of hydrogen-bond acceptors (Lipinski definition) is 4. The fourth-order valence-corrected chi connectivity index (χ4v) is 6.47. The summed E-state index contributed by atoms with van der Waals surface area (Å²) in [5.41, 5.74) is 0. The van der Waals surface area contributed by atoms with Crippen molar-refractivity contribution in [1.29, 1.82) is 0 Å². The molecule has 1 amide bonds. The maximum absolute atomic E-state index is 12.8. The topological polar surface area (TPSA) is 60.9 Å². The molecule has 2 unspecified atom stereocenters. The van der Waals surface area contributed by atoms with Crippen molar-refractivity contribution in [2.24, 2.45) is 11.8 Å². The number of carbonyl (C=O) groups excluding carboxylic acids is 1. The fourth-order valence-electron chi connectivity index (χ4n) is 5.03. The van der Waals surface area contributed by atoms with Gasteiger partial charge in [-0.25, -0.2) is 8.42 Å². The van der Waals surface area contributed by atoms with Gasteiger partial charge in [0.2, 0.25) is 15.9 Å². The van der Waals surface area contributed by atoms with Gasteiger partial charge in [-0.05, 0) is 43.4 Å². The van der Waals surface area contributed by atoms with Crippen molar-refractivity contribution in [1.82, 2.24) is 14.1 Å². The van der Waals surface area contributed by atoms with E-state index in [1.165, 1.54) is 36.4 Å². The molecular formula is C21H31N3O3S. The third-order valence-electron chi connectivity index (χ3n) is 6.71. The lowest BCUT2D eigenvalue weighted by Crippen LogP contribution is -2.53. The Hall–Kier alpha value is -1.44. The predicted molar refractivity (Wildman–Crippen MR) is 108 cm³/mol. The van der Waals surface area contributed by atoms with E-state index in [4.69, 9.17) is 0 Å². The molecule has 3 aliphatic rings. The number of nitrogens with zero attached hydrogens (tertiary/aromatic N) is 3. The van der Waals surface area contributed by atoms with Crippen LogP contribution in [-0.2, 0) is 14.8 Å². The van der Waals surface area contributed by atoms with Gasteiger partial charge in [0.25, 0.3) is 0 Å². The summed E-state index contributed by atoms with van der Waals surface area (Å²) in [5.74, 6) is 1.78. The van der Waals surface area contributed by atoms with Crippen molar-refractivity contribution >= 4 is 15.9 Å². The quantitative estimate of drug-likeness (QED) is 0.769. The van der Waals surface area contributed by atoms with Gasteiger partial charge < -0.3 is 4.90 Å². The zero-order valence-electron chi connectivity index (χ0n) is 16.5. The van der Waals surface area contributed by atoms with Crippen molar-refractivity contribution < 1.29 is 13.2 Å². The van der Waals surface area contributed by atoms with E-state index < -0.39 is 10.0 Å². The normalized spacial score (nSPS) is 27.4. The summed E-state index contributed by atoms with van der Waals surface area (Å²) in [5, 5.41) is 0. The molecule has 2 saturated heterocycles. The van der Waals surface area contributed by atoms with E-state index in [9.17, 15) is 13.2 Å². The zero-order chi connectivity index (χ0) is 19.6. The van der Waals surface area contributed by atoms with Crippen molar-refractivity contribution in [3.05, 3.63) is 30.3 Å². The first kappa shape index (κ1) is 19.9. The standard InChI is InChI=1S/C21H31N3O3S/c25-21(17-22-11-10-18-6-4-5-7-19(18)16-22)23-12-14-24(15-13-23)28(26,27)20-8-2-1-3-9-20/h1-3,8-9,18-19H,4-7,10-17H2.